The maximum atomic E-state index is 12.7. The van der Waals surface area contributed by atoms with E-state index in [0.717, 1.165) is 32.2 Å². The monoisotopic (exact) mass is 597 g/mol. The van der Waals surface area contributed by atoms with Gasteiger partial charge in [0.05, 0.1) is 0 Å². The number of ether oxygens (including phenoxy) is 2. The third-order valence-electron chi connectivity index (χ3n) is 9.09. The van der Waals surface area contributed by atoms with Crippen LogP contribution in [-0.4, -0.2) is 47.3 Å². The molecule has 0 N–H and O–H groups in total. The second kappa shape index (κ2) is 14.8. The van der Waals surface area contributed by atoms with E-state index in [4.69, 9.17) is 9.47 Å². The van der Waals surface area contributed by atoms with Gasteiger partial charge in [-0.05, 0) is 48.9 Å². The smallest absolute Gasteiger partial charge is 0.333 e. The lowest BCUT2D eigenvalue weighted by Crippen LogP contribution is -2.55. The summed E-state index contributed by atoms with van der Waals surface area (Å²) in [5, 5.41) is 0. The van der Waals surface area contributed by atoms with Crippen LogP contribution in [-0.2, 0) is 23.9 Å². The molecule has 0 aliphatic carbocycles. The van der Waals surface area contributed by atoms with E-state index < -0.39 is 0 Å². The summed E-state index contributed by atoms with van der Waals surface area (Å²) in [5.41, 5.74) is 0.156. The normalized spacial score (nSPS) is 17.3. The Labute approximate surface area is 255 Å². The third-order valence-corrected chi connectivity index (χ3v) is 10.2. The fourth-order valence-corrected chi connectivity index (χ4v) is 4.93. The molecule has 0 saturated carbocycles. The summed E-state index contributed by atoms with van der Waals surface area (Å²) in [4.78, 5) is 37.8. The van der Waals surface area contributed by atoms with E-state index in [1.165, 1.54) is 6.92 Å². The molecule has 1 heterocycles. The molecule has 7 heteroatoms. The van der Waals surface area contributed by atoms with E-state index in [0.29, 0.717) is 12.0 Å². The van der Waals surface area contributed by atoms with Crippen LogP contribution in [0.25, 0.3) is 0 Å². The quantitative estimate of drug-likeness (QED) is 0.135. The van der Waals surface area contributed by atoms with E-state index in [9.17, 15) is 14.4 Å². The summed E-state index contributed by atoms with van der Waals surface area (Å²) in [6.45, 7) is 36.0. The van der Waals surface area contributed by atoms with Gasteiger partial charge in [0.1, 0.15) is 11.9 Å². The second-order valence-corrected chi connectivity index (χ2v) is 16.8. The van der Waals surface area contributed by atoms with Crippen LogP contribution in [0.4, 0.5) is 0 Å². The van der Waals surface area contributed by atoms with Gasteiger partial charge >= 0.3 is 11.9 Å². The van der Waals surface area contributed by atoms with Crippen LogP contribution in [0, 0.1) is 27.1 Å². The fourth-order valence-electron chi connectivity index (χ4n) is 4.81. The second-order valence-electron chi connectivity index (χ2n) is 16.2. The summed E-state index contributed by atoms with van der Waals surface area (Å²) in [6.07, 6.45) is 4.15. The highest BCUT2D eigenvalue weighted by atomic mass is 31.0. The number of hydrogen-bond acceptors (Lipinski definition) is 5. The molecule has 0 aromatic rings. The SMILES string of the molecule is C=C(C)C(=O)OC(P)C(C)(C)C.CCC(C)(C)C(CC(C)(C)C(C)(C)C(CC(C)(C)C)N1CCCC1=O)OC(C)=O. The van der Waals surface area contributed by atoms with Gasteiger partial charge in [0, 0.05) is 42.3 Å². The Kier molecular flexibility index (Phi) is 14.3. The number of carbonyl (C=O) groups excluding carboxylic acids is 3. The van der Waals surface area contributed by atoms with E-state index >= 15 is 0 Å². The molecule has 0 bridgehead atoms. The van der Waals surface area contributed by atoms with Gasteiger partial charge in [0.15, 0.2) is 0 Å². The van der Waals surface area contributed by atoms with Gasteiger partial charge in [0.2, 0.25) is 5.91 Å². The van der Waals surface area contributed by atoms with E-state index in [-0.39, 0.29) is 62.9 Å². The Balaban J connectivity index is 0.00000112. The minimum Gasteiger partial charge on any atom is -0.462 e. The van der Waals surface area contributed by atoms with E-state index in [2.05, 4.69) is 90.0 Å². The van der Waals surface area contributed by atoms with Gasteiger partial charge in [-0.1, -0.05) is 106 Å². The Morgan fingerprint density at radius 2 is 1.44 bits per heavy atom. The van der Waals surface area contributed by atoms with E-state index in [1.54, 1.807) is 6.92 Å². The largest absolute Gasteiger partial charge is 0.462 e. The molecule has 41 heavy (non-hydrogen) atoms. The van der Waals surface area contributed by atoms with Crippen molar-refractivity contribution in [2.45, 2.75) is 154 Å². The number of hydrogen-bond donors (Lipinski definition) is 0. The van der Waals surface area contributed by atoms with Gasteiger partial charge in [-0.2, -0.15) is 0 Å². The Bertz CT molecular complexity index is 907. The van der Waals surface area contributed by atoms with Crippen molar-refractivity contribution in [1.82, 2.24) is 4.90 Å². The molecule has 0 aromatic heterocycles. The number of rotatable bonds is 11. The highest BCUT2D eigenvalue weighted by Gasteiger charge is 2.50. The fraction of sp³-hybridized carbons (Fsp3) is 0.853. The number of nitrogens with zero attached hydrogens (tertiary/aromatic N) is 1. The zero-order chi connectivity index (χ0) is 32.8. The number of carbonyl (C=O) groups is 3. The summed E-state index contributed by atoms with van der Waals surface area (Å²) < 4.78 is 10.9. The molecule has 1 aliphatic heterocycles. The van der Waals surface area contributed by atoms with Gasteiger partial charge in [-0.25, -0.2) is 4.79 Å². The van der Waals surface area contributed by atoms with Crippen LogP contribution in [0.15, 0.2) is 12.2 Å². The molecule has 6 nitrogen and oxygen atoms in total. The van der Waals surface area contributed by atoms with Crippen LogP contribution < -0.4 is 0 Å². The zero-order valence-corrected chi connectivity index (χ0v) is 30.4. The number of esters is 2. The summed E-state index contributed by atoms with van der Waals surface area (Å²) in [6, 6.07) is 0.162. The van der Waals surface area contributed by atoms with Crippen molar-refractivity contribution in [2.24, 2.45) is 27.1 Å². The van der Waals surface area contributed by atoms with Crippen molar-refractivity contribution in [3.63, 3.8) is 0 Å². The molecule has 1 amide bonds. The summed E-state index contributed by atoms with van der Waals surface area (Å²) in [7, 11) is 2.51. The van der Waals surface area contributed by atoms with Crippen molar-refractivity contribution in [2.75, 3.05) is 6.54 Å². The predicted molar refractivity (Wildman–Crippen MR) is 174 cm³/mol. The third kappa shape index (κ3) is 12.4. The first-order chi connectivity index (χ1) is 18.2. The average molecular weight is 598 g/mol. The molecule has 1 aliphatic rings. The molecule has 0 aromatic carbocycles. The van der Waals surface area contributed by atoms with Gasteiger partial charge < -0.3 is 14.4 Å². The molecule has 0 radical (unpaired) electrons. The Morgan fingerprint density at radius 1 is 0.927 bits per heavy atom. The van der Waals surface area contributed by atoms with Crippen LogP contribution >= 0.6 is 9.24 Å². The van der Waals surface area contributed by atoms with Crippen LogP contribution in [0.1, 0.15) is 136 Å². The molecule has 0 spiro atoms. The molecular formula is C34H64NO5P. The van der Waals surface area contributed by atoms with Crippen molar-refractivity contribution in [3.8, 4) is 0 Å². The Hall–Kier alpha value is -1.42. The molecule has 1 saturated heterocycles. The lowest BCUT2D eigenvalue weighted by atomic mass is 9.57. The summed E-state index contributed by atoms with van der Waals surface area (Å²) in [5.74, 6) is -0.425. The van der Waals surface area contributed by atoms with Gasteiger partial charge in [0.25, 0.3) is 0 Å². The highest BCUT2D eigenvalue weighted by molar-refractivity contribution is 7.17. The lowest BCUT2D eigenvalue weighted by Gasteiger charge is -2.53. The zero-order valence-electron chi connectivity index (χ0n) is 29.2. The van der Waals surface area contributed by atoms with Gasteiger partial charge in [-0.15, -0.1) is 0 Å². The Morgan fingerprint density at radius 3 is 1.78 bits per heavy atom. The van der Waals surface area contributed by atoms with Crippen LogP contribution in [0.2, 0.25) is 0 Å². The first-order valence-corrected chi connectivity index (χ1v) is 15.9. The minimum atomic E-state index is -0.329. The molecule has 4 unspecified atom stereocenters. The van der Waals surface area contributed by atoms with Crippen molar-refractivity contribution in [3.05, 3.63) is 12.2 Å². The maximum absolute atomic E-state index is 12.7. The number of amides is 1. The molecule has 1 fully saturated rings. The van der Waals surface area contributed by atoms with Crippen molar-refractivity contribution >= 4 is 27.1 Å². The first-order valence-electron chi connectivity index (χ1n) is 15.3. The van der Waals surface area contributed by atoms with Crippen molar-refractivity contribution < 1.29 is 23.9 Å². The molecule has 1 rings (SSSR count). The standard InChI is InChI=1S/C25H47NO3.C9H17O2P/c1-12-23(6,7)20(29-18(2)27)17-24(8,9)25(10,11)19(16-22(3,4)5)26-15-13-14-21(26)28;1-6(2)7(10)11-8(12)9(3,4)5/h19-20H,12-17H2,1-11H3;8H,1,12H2,2-5H3. The lowest BCUT2D eigenvalue weighted by molar-refractivity contribution is -0.158. The predicted octanol–water partition coefficient (Wildman–Crippen LogP) is 8.58. The van der Waals surface area contributed by atoms with Crippen molar-refractivity contribution in [1.29, 1.82) is 0 Å². The minimum absolute atomic E-state index is 0.0459. The highest BCUT2D eigenvalue weighted by Crippen LogP contribution is 2.51. The van der Waals surface area contributed by atoms with E-state index in [1.807, 2.05) is 20.8 Å². The topological polar surface area (TPSA) is 72.9 Å². The average Bonchev–Trinajstić information content (AvgIpc) is 3.20. The first kappa shape index (κ1) is 39.6. The number of likely N-dealkylation sites (tertiary alicyclic amines) is 1. The maximum Gasteiger partial charge on any atom is 0.333 e. The molecule has 240 valence electrons. The molecular weight excluding hydrogens is 533 g/mol. The van der Waals surface area contributed by atoms with Gasteiger partial charge in [-0.3, -0.25) is 9.59 Å². The molecule has 4 atom stereocenters. The van der Waals surface area contributed by atoms with Crippen LogP contribution in [0.3, 0.4) is 0 Å². The summed E-state index contributed by atoms with van der Waals surface area (Å²) >= 11 is 0. The van der Waals surface area contributed by atoms with Crippen LogP contribution in [0.5, 0.6) is 0 Å².